The topological polar surface area (TPSA) is 46.5 Å². The molecule has 1 N–H and O–H groups in total. The van der Waals surface area contributed by atoms with Gasteiger partial charge in [0.15, 0.2) is 5.60 Å². The van der Waals surface area contributed by atoms with Crippen LogP contribution in [-0.4, -0.2) is 22.8 Å². The van der Waals surface area contributed by atoms with E-state index in [0.29, 0.717) is 11.3 Å². The fourth-order valence-electron chi connectivity index (χ4n) is 2.77. The molecule has 0 saturated heterocycles. The molecule has 0 aromatic rings. The Balaban J connectivity index is 2.58. The quantitative estimate of drug-likeness (QED) is 0.821. The minimum absolute atomic E-state index is 0.0145. The van der Waals surface area contributed by atoms with E-state index in [2.05, 4.69) is 13.8 Å². The minimum atomic E-state index is -1.08. The maximum Gasteiger partial charge on any atom is 0.335 e. The van der Waals surface area contributed by atoms with Gasteiger partial charge in [-0.15, -0.1) is 0 Å². The van der Waals surface area contributed by atoms with Gasteiger partial charge < -0.3 is 9.84 Å². The molecule has 0 bridgehead atoms. The van der Waals surface area contributed by atoms with Gasteiger partial charge in [-0.2, -0.15) is 0 Å². The summed E-state index contributed by atoms with van der Waals surface area (Å²) in [6.07, 6.45) is 4.78. The van der Waals surface area contributed by atoms with Crippen molar-refractivity contribution in [3.05, 3.63) is 0 Å². The van der Waals surface area contributed by atoms with Crippen molar-refractivity contribution >= 4 is 5.97 Å². The van der Waals surface area contributed by atoms with Crippen molar-refractivity contribution in [3.8, 4) is 0 Å². The number of hydrogen-bond donors (Lipinski definition) is 1. The van der Waals surface area contributed by atoms with Crippen LogP contribution in [0.5, 0.6) is 0 Å². The number of carbonyl (C=O) groups is 1. The third-order valence-corrected chi connectivity index (χ3v) is 3.90. The van der Waals surface area contributed by atoms with Crippen molar-refractivity contribution in [2.45, 2.75) is 72.0 Å². The molecular weight excluding hydrogens is 216 g/mol. The van der Waals surface area contributed by atoms with Crippen molar-refractivity contribution in [2.75, 3.05) is 0 Å². The van der Waals surface area contributed by atoms with Gasteiger partial charge in [0.2, 0.25) is 0 Å². The Morgan fingerprint density at radius 1 is 1.47 bits per heavy atom. The van der Waals surface area contributed by atoms with E-state index in [1.165, 1.54) is 12.8 Å². The first-order valence-corrected chi connectivity index (χ1v) is 6.55. The van der Waals surface area contributed by atoms with Crippen molar-refractivity contribution in [2.24, 2.45) is 11.3 Å². The highest BCUT2D eigenvalue weighted by Gasteiger charge is 2.36. The van der Waals surface area contributed by atoms with Crippen molar-refractivity contribution in [3.63, 3.8) is 0 Å². The molecule has 3 heteroatoms. The summed E-state index contributed by atoms with van der Waals surface area (Å²) in [5.74, 6) is -0.406. The molecule has 1 rings (SSSR count). The zero-order valence-corrected chi connectivity index (χ0v) is 11.7. The highest BCUT2D eigenvalue weighted by atomic mass is 16.5. The maximum atomic E-state index is 11.0. The van der Waals surface area contributed by atoms with Gasteiger partial charge in [0.05, 0.1) is 6.10 Å². The predicted octanol–water partition coefficient (Wildman–Crippen LogP) is 3.47. The smallest absolute Gasteiger partial charge is 0.335 e. The van der Waals surface area contributed by atoms with Crippen molar-refractivity contribution in [1.82, 2.24) is 0 Å². The van der Waals surface area contributed by atoms with Gasteiger partial charge in [-0.1, -0.05) is 20.3 Å². The van der Waals surface area contributed by atoms with Crippen LogP contribution in [0.15, 0.2) is 0 Å². The standard InChI is InChI=1S/C14H26O3/c1-10(17-14(4,5)12(15)16)11-7-6-8-13(2,3)9-11/h10-11H,6-9H2,1-5H3,(H,15,16). The predicted molar refractivity (Wildman–Crippen MR) is 68.0 cm³/mol. The molecule has 2 atom stereocenters. The summed E-state index contributed by atoms with van der Waals surface area (Å²) >= 11 is 0. The molecule has 0 spiro atoms. The van der Waals surface area contributed by atoms with E-state index in [1.807, 2.05) is 6.92 Å². The summed E-state index contributed by atoms with van der Waals surface area (Å²) in [4.78, 5) is 11.0. The highest BCUT2D eigenvalue weighted by molar-refractivity contribution is 5.76. The third-order valence-electron chi connectivity index (χ3n) is 3.90. The summed E-state index contributed by atoms with van der Waals surface area (Å²) in [7, 11) is 0. The number of aliphatic carboxylic acids is 1. The number of rotatable bonds is 4. The average molecular weight is 242 g/mol. The molecule has 100 valence electrons. The number of hydrogen-bond acceptors (Lipinski definition) is 2. The van der Waals surface area contributed by atoms with Crippen LogP contribution in [0.25, 0.3) is 0 Å². The molecule has 3 nitrogen and oxygen atoms in total. The van der Waals surface area contributed by atoms with Crippen LogP contribution in [0.4, 0.5) is 0 Å². The molecule has 1 saturated carbocycles. The van der Waals surface area contributed by atoms with Gasteiger partial charge >= 0.3 is 5.97 Å². The number of ether oxygens (including phenoxy) is 1. The van der Waals surface area contributed by atoms with Crippen LogP contribution in [0.1, 0.15) is 60.3 Å². The molecule has 0 heterocycles. The van der Waals surface area contributed by atoms with Crippen LogP contribution in [0.3, 0.4) is 0 Å². The summed E-state index contributed by atoms with van der Waals surface area (Å²) in [5.41, 5.74) is -0.713. The molecule has 0 aromatic carbocycles. The van der Waals surface area contributed by atoms with Gasteiger partial charge in [-0.05, 0) is 51.4 Å². The van der Waals surface area contributed by atoms with Gasteiger partial charge in [-0.25, -0.2) is 4.79 Å². The highest BCUT2D eigenvalue weighted by Crippen LogP contribution is 2.41. The molecule has 0 aromatic heterocycles. The molecule has 0 amide bonds. The lowest BCUT2D eigenvalue weighted by Crippen LogP contribution is -2.41. The lowest BCUT2D eigenvalue weighted by molar-refractivity contribution is -0.172. The SMILES string of the molecule is CC(OC(C)(C)C(=O)O)C1CCCC(C)(C)C1. The first kappa shape index (κ1) is 14.5. The lowest BCUT2D eigenvalue weighted by Gasteiger charge is -2.39. The molecule has 0 radical (unpaired) electrons. The van der Waals surface area contributed by atoms with E-state index in [9.17, 15) is 4.79 Å². The first-order valence-electron chi connectivity index (χ1n) is 6.55. The lowest BCUT2D eigenvalue weighted by atomic mass is 9.70. The molecule has 1 aliphatic carbocycles. The second-order valence-electron chi connectivity index (χ2n) is 6.66. The second kappa shape index (κ2) is 4.97. The second-order valence-corrected chi connectivity index (χ2v) is 6.66. The number of carboxylic acids is 1. The molecule has 1 aliphatic rings. The fourth-order valence-corrected chi connectivity index (χ4v) is 2.77. The normalized spacial score (nSPS) is 26.5. The Morgan fingerprint density at radius 2 is 2.06 bits per heavy atom. The zero-order valence-electron chi connectivity index (χ0n) is 11.7. The Hall–Kier alpha value is -0.570. The minimum Gasteiger partial charge on any atom is -0.479 e. The number of carboxylic acid groups (broad SMARTS) is 1. The Morgan fingerprint density at radius 3 is 2.53 bits per heavy atom. The van der Waals surface area contributed by atoms with Gasteiger partial charge in [0.25, 0.3) is 0 Å². The van der Waals surface area contributed by atoms with Crippen LogP contribution in [-0.2, 0) is 9.53 Å². The van der Waals surface area contributed by atoms with Crippen molar-refractivity contribution in [1.29, 1.82) is 0 Å². The van der Waals surface area contributed by atoms with E-state index >= 15 is 0 Å². The molecule has 2 unspecified atom stereocenters. The van der Waals surface area contributed by atoms with Crippen LogP contribution in [0.2, 0.25) is 0 Å². The summed E-state index contributed by atoms with van der Waals surface area (Å²) in [6, 6.07) is 0. The Kier molecular flexibility index (Phi) is 4.23. The van der Waals surface area contributed by atoms with E-state index in [4.69, 9.17) is 9.84 Å². The fraction of sp³-hybridized carbons (Fsp3) is 0.929. The van der Waals surface area contributed by atoms with E-state index in [0.717, 1.165) is 12.8 Å². The van der Waals surface area contributed by atoms with Gasteiger partial charge in [0.1, 0.15) is 0 Å². The van der Waals surface area contributed by atoms with Gasteiger partial charge in [0, 0.05) is 0 Å². The van der Waals surface area contributed by atoms with E-state index in [1.54, 1.807) is 13.8 Å². The van der Waals surface area contributed by atoms with E-state index in [-0.39, 0.29) is 6.10 Å². The largest absolute Gasteiger partial charge is 0.479 e. The monoisotopic (exact) mass is 242 g/mol. The third kappa shape index (κ3) is 3.98. The van der Waals surface area contributed by atoms with Crippen LogP contribution in [0, 0.1) is 11.3 Å². The summed E-state index contributed by atoms with van der Waals surface area (Å²) in [6.45, 7) is 9.83. The molecular formula is C14H26O3. The maximum absolute atomic E-state index is 11.0. The average Bonchev–Trinajstić information content (AvgIpc) is 2.15. The summed E-state index contributed by atoms with van der Waals surface area (Å²) in [5, 5.41) is 9.07. The van der Waals surface area contributed by atoms with E-state index < -0.39 is 11.6 Å². The van der Waals surface area contributed by atoms with Gasteiger partial charge in [-0.3, -0.25) is 0 Å². The van der Waals surface area contributed by atoms with Crippen LogP contribution >= 0.6 is 0 Å². The molecule has 0 aliphatic heterocycles. The first-order chi connectivity index (χ1) is 7.64. The Bertz CT molecular complexity index is 281. The molecule has 1 fully saturated rings. The molecule has 17 heavy (non-hydrogen) atoms. The van der Waals surface area contributed by atoms with Crippen LogP contribution < -0.4 is 0 Å². The zero-order chi connectivity index (χ0) is 13.3. The van der Waals surface area contributed by atoms with Crippen molar-refractivity contribution < 1.29 is 14.6 Å². The summed E-state index contributed by atoms with van der Waals surface area (Å²) < 4.78 is 5.73. The Labute approximate surface area is 105 Å².